The molecule has 0 amide bonds. The van der Waals surface area contributed by atoms with Crippen LogP contribution in [0.5, 0.6) is 0 Å². The summed E-state index contributed by atoms with van der Waals surface area (Å²) in [4.78, 5) is 0. The van der Waals surface area contributed by atoms with Crippen LogP contribution in [0.1, 0.15) is 33.9 Å². The highest BCUT2D eigenvalue weighted by molar-refractivity contribution is 5.51. The molecule has 0 unspecified atom stereocenters. The molecule has 3 atom stereocenters. The number of ether oxygens (including phenoxy) is 1. The molecule has 0 aromatic heterocycles. The first-order valence-corrected chi connectivity index (χ1v) is 13.2. The molecule has 2 N–H and O–H groups in total. The average Bonchev–Trinajstić information content (AvgIpc) is 3.03. The highest BCUT2D eigenvalue weighted by atomic mass is 16.5. The van der Waals surface area contributed by atoms with Crippen molar-refractivity contribution in [3.8, 4) is 0 Å². The van der Waals surface area contributed by atoms with E-state index < -0.39 is 23.9 Å². The number of hydrogen-bond acceptors (Lipinski definition) is 3. The maximum absolute atomic E-state index is 11.7. The molecule has 39 heavy (non-hydrogen) atoms. The van der Waals surface area contributed by atoms with E-state index in [0.717, 1.165) is 22.3 Å². The molecule has 0 heterocycles. The van der Waals surface area contributed by atoms with E-state index in [1.54, 1.807) is 0 Å². The third-order valence-electron chi connectivity index (χ3n) is 6.93. The monoisotopic (exact) mass is 512 g/mol. The highest BCUT2D eigenvalue weighted by Gasteiger charge is 2.42. The zero-order valence-corrected chi connectivity index (χ0v) is 21.6. The number of benzene rings is 5. The molecule has 0 bridgehead atoms. The normalized spacial score (nSPS) is 14.1. The van der Waals surface area contributed by atoms with Crippen LogP contribution in [0.4, 0.5) is 0 Å². The van der Waals surface area contributed by atoms with Gasteiger partial charge in [0.05, 0.1) is 0 Å². The highest BCUT2D eigenvalue weighted by Crippen LogP contribution is 2.42. The van der Waals surface area contributed by atoms with Crippen molar-refractivity contribution >= 4 is 6.08 Å². The van der Waals surface area contributed by atoms with Gasteiger partial charge in [-0.3, -0.25) is 0 Å². The number of aliphatic hydroxyl groups excluding tert-OH is 2. The summed E-state index contributed by atoms with van der Waals surface area (Å²) < 4.78 is 7.13. The van der Waals surface area contributed by atoms with Crippen LogP contribution in [-0.4, -0.2) is 22.4 Å². The second kappa shape index (κ2) is 12.5. The van der Waals surface area contributed by atoms with Gasteiger partial charge in [-0.1, -0.05) is 164 Å². The lowest BCUT2D eigenvalue weighted by Gasteiger charge is -2.40. The molecular weight excluding hydrogens is 480 g/mol. The molecule has 5 aromatic carbocycles. The first kappa shape index (κ1) is 26.3. The summed E-state index contributed by atoms with van der Waals surface area (Å²) in [5.74, 6) is 0. The van der Waals surface area contributed by atoms with Gasteiger partial charge in [-0.15, -0.1) is 0 Å². The lowest BCUT2D eigenvalue weighted by Crippen LogP contribution is -2.42. The maximum atomic E-state index is 11.7. The Morgan fingerprint density at radius 2 is 0.897 bits per heavy atom. The SMILES string of the molecule is O[C@@H]([C@@H](/C=C/c1ccccc1)OC(c1ccccc1)(c1ccccc1)c1ccccc1)[C@@H](O)c1ccccc1. The molecule has 0 aliphatic rings. The maximum Gasteiger partial charge on any atom is 0.144 e. The van der Waals surface area contributed by atoms with Gasteiger partial charge in [0.2, 0.25) is 0 Å². The molecular formula is C36H32O3. The lowest BCUT2D eigenvalue weighted by atomic mass is 9.79. The average molecular weight is 513 g/mol. The van der Waals surface area contributed by atoms with Crippen LogP contribution >= 0.6 is 0 Å². The van der Waals surface area contributed by atoms with Crippen molar-refractivity contribution in [1.29, 1.82) is 0 Å². The Balaban J connectivity index is 1.67. The quantitative estimate of drug-likeness (QED) is 0.195. The van der Waals surface area contributed by atoms with E-state index >= 15 is 0 Å². The molecule has 0 radical (unpaired) electrons. The first-order valence-electron chi connectivity index (χ1n) is 13.2. The fourth-order valence-electron chi connectivity index (χ4n) is 4.95. The third kappa shape index (κ3) is 5.92. The van der Waals surface area contributed by atoms with Crippen molar-refractivity contribution < 1.29 is 14.9 Å². The molecule has 3 nitrogen and oxygen atoms in total. The van der Waals surface area contributed by atoms with Crippen LogP contribution < -0.4 is 0 Å². The minimum atomic E-state index is -1.25. The fraction of sp³-hybridized carbons (Fsp3) is 0.111. The van der Waals surface area contributed by atoms with Gasteiger partial charge in [0, 0.05) is 0 Å². The van der Waals surface area contributed by atoms with Crippen LogP contribution in [0.25, 0.3) is 6.08 Å². The van der Waals surface area contributed by atoms with Crippen LogP contribution in [-0.2, 0) is 10.3 Å². The van der Waals surface area contributed by atoms with E-state index in [1.165, 1.54) is 0 Å². The topological polar surface area (TPSA) is 49.7 Å². The van der Waals surface area contributed by atoms with Crippen molar-refractivity contribution in [2.24, 2.45) is 0 Å². The van der Waals surface area contributed by atoms with Crippen molar-refractivity contribution in [2.75, 3.05) is 0 Å². The summed E-state index contributed by atoms with van der Waals surface area (Å²) in [6.45, 7) is 0. The molecule has 0 aliphatic carbocycles. The van der Waals surface area contributed by atoms with Gasteiger partial charge in [0.25, 0.3) is 0 Å². The Morgan fingerprint density at radius 3 is 1.33 bits per heavy atom. The minimum absolute atomic E-state index is 0.622. The third-order valence-corrected chi connectivity index (χ3v) is 6.93. The second-order valence-corrected chi connectivity index (χ2v) is 9.48. The fourth-order valence-corrected chi connectivity index (χ4v) is 4.95. The van der Waals surface area contributed by atoms with E-state index in [1.807, 2.05) is 164 Å². The minimum Gasteiger partial charge on any atom is -0.387 e. The van der Waals surface area contributed by atoms with Crippen LogP contribution in [0, 0.1) is 0 Å². The molecule has 0 saturated carbocycles. The molecule has 0 aliphatic heterocycles. The smallest absolute Gasteiger partial charge is 0.144 e. The second-order valence-electron chi connectivity index (χ2n) is 9.48. The van der Waals surface area contributed by atoms with Crippen molar-refractivity contribution in [2.45, 2.75) is 23.9 Å². The predicted octanol–water partition coefficient (Wildman–Crippen LogP) is 7.17. The summed E-state index contributed by atoms with van der Waals surface area (Å²) in [5, 5.41) is 23.0. The number of rotatable bonds is 10. The Morgan fingerprint density at radius 1 is 0.513 bits per heavy atom. The summed E-state index contributed by atoms with van der Waals surface area (Å²) in [5.41, 5.74) is 3.28. The van der Waals surface area contributed by atoms with E-state index in [2.05, 4.69) is 0 Å². The van der Waals surface area contributed by atoms with E-state index in [4.69, 9.17) is 4.74 Å². The number of hydrogen-bond donors (Lipinski definition) is 2. The zero-order valence-electron chi connectivity index (χ0n) is 21.6. The zero-order chi connectivity index (χ0) is 26.9. The Kier molecular flexibility index (Phi) is 8.45. The molecule has 5 aromatic rings. The molecule has 5 rings (SSSR count). The molecule has 0 saturated heterocycles. The first-order chi connectivity index (χ1) is 19.2. The van der Waals surface area contributed by atoms with Crippen molar-refractivity contribution in [3.05, 3.63) is 186 Å². The Hall–Kier alpha value is -4.28. The largest absolute Gasteiger partial charge is 0.387 e. The molecule has 0 spiro atoms. The Labute approximate surface area is 230 Å². The summed E-state index contributed by atoms with van der Waals surface area (Å²) in [6, 6.07) is 49.2. The van der Waals surface area contributed by atoms with Crippen molar-refractivity contribution in [1.82, 2.24) is 0 Å². The van der Waals surface area contributed by atoms with Crippen LogP contribution in [0.3, 0.4) is 0 Å². The number of aliphatic hydroxyl groups is 2. The van der Waals surface area contributed by atoms with Crippen LogP contribution in [0.15, 0.2) is 158 Å². The van der Waals surface area contributed by atoms with Gasteiger partial charge in [-0.25, -0.2) is 0 Å². The van der Waals surface area contributed by atoms with E-state index in [9.17, 15) is 10.2 Å². The van der Waals surface area contributed by atoms with E-state index in [0.29, 0.717) is 5.56 Å². The van der Waals surface area contributed by atoms with Gasteiger partial charge >= 0.3 is 0 Å². The van der Waals surface area contributed by atoms with Gasteiger partial charge < -0.3 is 14.9 Å². The van der Waals surface area contributed by atoms with Gasteiger partial charge in [0.15, 0.2) is 0 Å². The van der Waals surface area contributed by atoms with Gasteiger partial charge in [0.1, 0.15) is 23.9 Å². The summed E-state index contributed by atoms with van der Waals surface area (Å²) >= 11 is 0. The summed E-state index contributed by atoms with van der Waals surface area (Å²) in [7, 11) is 0. The van der Waals surface area contributed by atoms with E-state index in [-0.39, 0.29) is 0 Å². The molecule has 0 fully saturated rings. The summed E-state index contributed by atoms with van der Waals surface area (Å²) in [6.07, 6.45) is 0.494. The molecule has 3 heteroatoms. The van der Waals surface area contributed by atoms with Crippen LogP contribution in [0.2, 0.25) is 0 Å². The van der Waals surface area contributed by atoms with Gasteiger partial charge in [-0.2, -0.15) is 0 Å². The predicted molar refractivity (Wildman–Crippen MR) is 157 cm³/mol. The standard InChI is InChI=1S/C36H32O3/c37-34(29-18-8-2-9-19-29)35(38)33(27-26-28-16-6-1-7-17-28)39-36(30-20-10-3-11-21-30,31-22-12-4-13-23-31)32-24-14-5-15-25-32/h1-27,33-35,37-38H/b27-26+/t33-,34+,35+/m1/s1. The van der Waals surface area contributed by atoms with Gasteiger partial charge in [-0.05, 0) is 27.8 Å². The van der Waals surface area contributed by atoms with Crippen molar-refractivity contribution in [3.63, 3.8) is 0 Å². The molecule has 194 valence electrons. The Bertz CT molecular complexity index is 1340. The lowest BCUT2D eigenvalue weighted by molar-refractivity contribution is -0.114.